The highest BCUT2D eigenvalue weighted by Gasteiger charge is 2.18. The van der Waals surface area contributed by atoms with Crippen LogP contribution in [0.15, 0.2) is 41.5 Å². The Labute approximate surface area is 190 Å². The van der Waals surface area contributed by atoms with Gasteiger partial charge >= 0.3 is 6.09 Å². The minimum atomic E-state index is -0.490. The van der Waals surface area contributed by atoms with Crippen molar-refractivity contribution in [1.82, 2.24) is 18.8 Å². The summed E-state index contributed by atoms with van der Waals surface area (Å²) >= 11 is 1.44. The molecule has 4 rings (SSSR count). The van der Waals surface area contributed by atoms with Gasteiger partial charge in [-0.3, -0.25) is 19.0 Å². The molecule has 170 valence electrons. The number of unbranched alkanes of at least 4 members (excludes halogenated alkanes) is 1. The van der Waals surface area contributed by atoms with E-state index in [1.165, 1.54) is 11.5 Å². The van der Waals surface area contributed by atoms with E-state index in [0.29, 0.717) is 24.2 Å². The summed E-state index contributed by atoms with van der Waals surface area (Å²) in [7, 11) is 0. The van der Waals surface area contributed by atoms with E-state index >= 15 is 0 Å². The summed E-state index contributed by atoms with van der Waals surface area (Å²) in [5, 5.41) is 3.37. The molecule has 1 aliphatic heterocycles. The van der Waals surface area contributed by atoms with Crippen LogP contribution in [0.25, 0.3) is 10.1 Å². The summed E-state index contributed by atoms with van der Waals surface area (Å²) in [6.07, 6.45) is 5.06. The smallest absolute Gasteiger partial charge is 0.411 e. The number of nitrogens with zero attached hydrogens (tertiary/aromatic N) is 5. The zero-order chi connectivity index (χ0) is 22.3. The Morgan fingerprint density at radius 1 is 1.12 bits per heavy atom. The topological polar surface area (TPSA) is 92.6 Å². The third-order valence-corrected chi connectivity index (χ3v) is 6.56. The predicted octanol–water partition coefficient (Wildman–Crippen LogP) is 3.02. The lowest BCUT2D eigenvalue weighted by Crippen LogP contribution is -2.47. The second kappa shape index (κ2) is 10.6. The minimum Gasteiger partial charge on any atom is -0.450 e. The summed E-state index contributed by atoms with van der Waals surface area (Å²) in [6.45, 7) is 7.66. The Kier molecular flexibility index (Phi) is 7.33. The standard InChI is InChI=1S/C22H28N6O3S/c1-2-31-22(30)25-17-6-7-18-19(16-17)32-28(20(18)29)11-4-3-10-26-12-14-27(15-13-26)21-23-8-5-9-24-21/h5-9,16H,2-4,10-15H2,1H3,(H,25,30). The number of nitrogens with one attached hydrogen (secondary N) is 1. The van der Waals surface area contributed by atoms with E-state index in [-0.39, 0.29) is 5.56 Å². The first-order valence-electron chi connectivity index (χ1n) is 11.0. The molecule has 0 saturated carbocycles. The quantitative estimate of drug-likeness (QED) is 0.521. The first kappa shape index (κ1) is 22.2. The van der Waals surface area contributed by atoms with E-state index in [1.807, 2.05) is 16.1 Å². The van der Waals surface area contributed by atoms with Gasteiger partial charge in [-0.05, 0) is 50.6 Å². The molecule has 1 amide bonds. The fourth-order valence-corrected chi connectivity index (χ4v) is 4.87. The number of piperazine rings is 1. The number of hydrogen-bond acceptors (Lipinski definition) is 8. The lowest BCUT2D eigenvalue weighted by molar-refractivity contribution is 0.168. The van der Waals surface area contributed by atoms with Crippen LogP contribution < -0.4 is 15.8 Å². The van der Waals surface area contributed by atoms with Crippen molar-refractivity contribution < 1.29 is 9.53 Å². The van der Waals surface area contributed by atoms with Crippen molar-refractivity contribution in [3.63, 3.8) is 0 Å². The lowest BCUT2D eigenvalue weighted by atomic mass is 10.2. The summed E-state index contributed by atoms with van der Waals surface area (Å²) in [5.74, 6) is 0.803. The third-order valence-electron chi connectivity index (χ3n) is 5.46. The largest absolute Gasteiger partial charge is 0.450 e. The van der Waals surface area contributed by atoms with Crippen molar-refractivity contribution in [2.45, 2.75) is 26.3 Å². The van der Waals surface area contributed by atoms with Crippen molar-refractivity contribution in [1.29, 1.82) is 0 Å². The van der Waals surface area contributed by atoms with E-state index < -0.39 is 6.09 Å². The molecular weight excluding hydrogens is 428 g/mol. The van der Waals surface area contributed by atoms with Gasteiger partial charge in [0.05, 0.1) is 16.7 Å². The normalized spacial score (nSPS) is 14.6. The van der Waals surface area contributed by atoms with Gasteiger partial charge < -0.3 is 9.64 Å². The number of fused-ring (bicyclic) bond motifs is 1. The zero-order valence-corrected chi connectivity index (χ0v) is 19.0. The Hall–Kier alpha value is -2.98. The molecule has 3 aromatic rings. The molecular formula is C22H28N6O3S. The lowest BCUT2D eigenvalue weighted by Gasteiger charge is -2.34. The highest BCUT2D eigenvalue weighted by atomic mass is 32.1. The number of carbonyl (C=O) groups is 1. The molecule has 0 atom stereocenters. The second-order valence-electron chi connectivity index (χ2n) is 7.64. The van der Waals surface area contributed by atoms with Crippen molar-refractivity contribution in [3.05, 3.63) is 47.0 Å². The van der Waals surface area contributed by atoms with Gasteiger partial charge in [-0.25, -0.2) is 14.8 Å². The maximum Gasteiger partial charge on any atom is 0.411 e. The number of aromatic nitrogens is 3. The van der Waals surface area contributed by atoms with Gasteiger partial charge in [0.25, 0.3) is 5.56 Å². The number of hydrogen-bond donors (Lipinski definition) is 1. The molecule has 1 saturated heterocycles. The van der Waals surface area contributed by atoms with Crippen LogP contribution >= 0.6 is 11.5 Å². The van der Waals surface area contributed by atoms with E-state index in [4.69, 9.17) is 4.74 Å². The molecule has 2 aromatic heterocycles. The molecule has 1 aliphatic rings. The van der Waals surface area contributed by atoms with Crippen molar-refractivity contribution in [2.24, 2.45) is 0 Å². The fraction of sp³-hybridized carbons (Fsp3) is 0.455. The molecule has 0 radical (unpaired) electrons. The van der Waals surface area contributed by atoms with Gasteiger partial charge in [0.15, 0.2) is 0 Å². The molecule has 32 heavy (non-hydrogen) atoms. The van der Waals surface area contributed by atoms with E-state index in [1.54, 1.807) is 31.5 Å². The Morgan fingerprint density at radius 2 is 1.88 bits per heavy atom. The summed E-state index contributed by atoms with van der Waals surface area (Å²) in [5.41, 5.74) is 0.661. The molecule has 1 fully saturated rings. The third kappa shape index (κ3) is 5.43. The first-order valence-corrected chi connectivity index (χ1v) is 11.7. The number of rotatable bonds is 8. The molecule has 9 nitrogen and oxygen atoms in total. The summed E-state index contributed by atoms with van der Waals surface area (Å²) in [4.78, 5) is 37.6. The number of ether oxygens (including phenoxy) is 1. The summed E-state index contributed by atoms with van der Waals surface area (Å²) < 4.78 is 7.58. The Bertz CT molecular complexity index is 1090. The van der Waals surface area contributed by atoms with Crippen molar-refractivity contribution in [3.8, 4) is 0 Å². The molecule has 1 aromatic carbocycles. The van der Waals surface area contributed by atoms with E-state index in [2.05, 4.69) is 25.1 Å². The number of amides is 1. The van der Waals surface area contributed by atoms with Crippen LogP contribution in [0.4, 0.5) is 16.4 Å². The highest BCUT2D eigenvalue weighted by molar-refractivity contribution is 7.13. The number of aryl methyl sites for hydroxylation is 1. The van der Waals surface area contributed by atoms with Crippen LogP contribution in [-0.2, 0) is 11.3 Å². The van der Waals surface area contributed by atoms with Gasteiger partial charge in [0.2, 0.25) is 5.95 Å². The second-order valence-corrected chi connectivity index (χ2v) is 8.70. The van der Waals surface area contributed by atoms with Gasteiger partial charge in [0.1, 0.15) is 0 Å². The van der Waals surface area contributed by atoms with Crippen LogP contribution in [-0.4, -0.2) is 64.2 Å². The number of carbonyl (C=O) groups excluding carboxylic acids is 1. The average Bonchev–Trinajstić information content (AvgIpc) is 3.12. The highest BCUT2D eigenvalue weighted by Crippen LogP contribution is 2.22. The molecule has 3 heterocycles. The van der Waals surface area contributed by atoms with Gasteiger partial charge in [-0.1, -0.05) is 11.5 Å². The molecule has 0 unspecified atom stereocenters. The van der Waals surface area contributed by atoms with Crippen LogP contribution in [0, 0.1) is 0 Å². The fourth-order valence-electron chi connectivity index (χ4n) is 3.80. The molecule has 10 heteroatoms. The molecule has 0 spiro atoms. The first-order chi connectivity index (χ1) is 15.6. The molecule has 0 aliphatic carbocycles. The van der Waals surface area contributed by atoms with Crippen molar-refractivity contribution >= 4 is 39.3 Å². The minimum absolute atomic E-state index is 0.0316. The van der Waals surface area contributed by atoms with E-state index in [9.17, 15) is 9.59 Å². The van der Waals surface area contributed by atoms with Gasteiger partial charge in [0, 0.05) is 50.8 Å². The van der Waals surface area contributed by atoms with Crippen LogP contribution in [0.1, 0.15) is 19.8 Å². The van der Waals surface area contributed by atoms with Crippen molar-refractivity contribution in [2.75, 3.05) is 49.5 Å². The van der Waals surface area contributed by atoms with E-state index in [0.717, 1.165) is 56.2 Å². The SMILES string of the molecule is CCOC(=O)Nc1ccc2c(=O)n(CCCCN3CCN(c4ncccn4)CC3)sc2c1. The van der Waals surface area contributed by atoms with Crippen LogP contribution in [0.3, 0.4) is 0 Å². The Balaban J connectivity index is 1.24. The van der Waals surface area contributed by atoms with Crippen LogP contribution in [0.5, 0.6) is 0 Å². The molecule has 0 bridgehead atoms. The maximum atomic E-state index is 12.7. The van der Waals surface area contributed by atoms with Crippen LogP contribution in [0.2, 0.25) is 0 Å². The average molecular weight is 457 g/mol. The predicted molar refractivity (Wildman–Crippen MR) is 127 cm³/mol. The van der Waals surface area contributed by atoms with Gasteiger partial charge in [-0.15, -0.1) is 0 Å². The van der Waals surface area contributed by atoms with Gasteiger partial charge in [-0.2, -0.15) is 0 Å². The Morgan fingerprint density at radius 3 is 2.62 bits per heavy atom. The number of benzene rings is 1. The number of anilines is 2. The molecule has 1 N–H and O–H groups in total. The monoisotopic (exact) mass is 456 g/mol. The summed E-state index contributed by atoms with van der Waals surface area (Å²) in [6, 6.07) is 7.16. The zero-order valence-electron chi connectivity index (χ0n) is 18.2. The maximum absolute atomic E-state index is 12.7.